The second-order valence-electron chi connectivity index (χ2n) is 5.95. The largest absolute Gasteiger partial charge is 0.456 e. The molecule has 0 aliphatic carbocycles. The fraction of sp³-hybridized carbons (Fsp3) is 0.882. The predicted octanol–water partition coefficient (Wildman–Crippen LogP) is 2.36. The van der Waals surface area contributed by atoms with E-state index in [2.05, 4.69) is 13.8 Å². The molecule has 6 nitrogen and oxygen atoms in total. The monoisotopic (exact) mass is 330 g/mol. The van der Waals surface area contributed by atoms with E-state index in [1.165, 1.54) is 0 Å². The summed E-state index contributed by atoms with van der Waals surface area (Å²) in [6.07, 6.45) is 4.27. The van der Waals surface area contributed by atoms with Crippen molar-refractivity contribution in [2.24, 2.45) is 0 Å². The summed E-state index contributed by atoms with van der Waals surface area (Å²) in [5.41, 5.74) is 0. The third-order valence-electron chi connectivity index (χ3n) is 3.91. The van der Waals surface area contributed by atoms with E-state index in [-0.39, 0.29) is 25.2 Å². The minimum absolute atomic E-state index is 0.150. The lowest BCUT2D eigenvalue weighted by Crippen LogP contribution is -2.39. The molecule has 134 valence electrons. The number of unbranched alkanes of at least 4 members (excludes halogenated alkanes) is 4. The van der Waals surface area contributed by atoms with Gasteiger partial charge >= 0.3 is 11.9 Å². The minimum atomic E-state index is -0.718. The van der Waals surface area contributed by atoms with Gasteiger partial charge in [-0.05, 0) is 12.8 Å². The van der Waals surface area contributed by atoms with Gasteiger partial charge in [-0.15, -0.1) is 0 Å². The molecule has 1 aliphatic heterocycles. The summed E-state index contributed by atoms with van der Waals surface area (Å²) in [7, 11) is 0. The first-order valence-corrected chi connectivity index (χ1v) is 8.73. The molecule has 0 saturated carbocycles. The van der Waals surface area contributed by atoms with Crippen LogP contribution >= 0.6 is 0 Å². The molecule has 0 aromatic heterocycles. The van der Waals surface area contributed by atoms with Gasteiger partial charge in [0.05, 0.1) is 13.2 Å². The Bertz CT molecular complexity index is 357. The zero-order valence-electron chi connectivity index (χ0n) is 14.3. The van der Waals surface area contributed by atoms with Crippen molar-refractivity contribution in [3.8, 4) is 0 Å². The van der Waals surface area contributed by atoms with Gasteiger partial charge in [0.2, 0.25) is 0 Å². The maximum absolute atomic E-state index is 11.9. The number of aliphatic hydroxyl groups excluding tert-OH is 1. The first kappa shape index (κ1) is 19.9. The van der Waals surface area contributed by atoms with Crippen LogP contribution in [0.3, 0.4) is 0 Å². The van der Waals surface area contributed by atoms with Gasteiger partial charge in [0.1, 0.15) is 6.10 Å². The number of rotatable bonds is 11. The first-order chi connectivity index (χ1) is 11.1. The fourth-order valence-electron chi connectivity index (χ4n) is 2.53. The third-order valence-corrected chi connectivity index (χ3v) is 3.91. The molecule has 0 bridgehead atoms. The molecule has 1 rings (SSSR count). The Morgan fingerprint density at radius 2 is 1.57 bits per heavy atom. The quantitative estimate of drug-likeness (QED) is 0.462. The normalized spacial score (nSPS) is 23.7. The maximum atomic E-state index is 11.9. The van der Waals surface area contributed by atoms with Gasteiger partial charge in [-0.3, -0.25) is 9.59 Å². The number of carbonyl (C=O) groups is 2. The molecule has 0 aromatic carbocycles. The standard InChI is InChI=1S/C17H30O6/c1-3-5-7-9-15(19)22-14-12-21-13(11-18)17(14)23-16(20)10-8-6-4-2/h13-14,17-18H,3-12H2,1-2H3/t13-,14-,17+/m1/s1. The van der Waals surface area contributed by atoms with Crippen LogP contribution in [0.15, 0.2) is 0 Å². The van der Waals surface area contributed by atoms with Gasteiger partial charge in [0.25, 0.3) is 0 Å². The van der Waals surface area contributed by atoms with Crippen LogP contribution < -0.4 is 0 Å². The minimum Gasteiger partial charge on any atom is -0.456 e. The molecule has 1 fully saturated rings. The Labute approximate surface area is 138 Å². The Balaban J connectivity index is 2.46. The number of hydrogen-bond donors (Lipinski definition) is 1. The van der Waals surface area contributed by atoms with Crippen molar-refractivity contribution in [2.45, 2.75) is 83.5 Å². The molecule has 0 spiro atoms. The first-order valence-electron chi connectivity index (χ1n) is 8.73. The van der Waals surface area contributed by atoms with Crippen LogP contribution in [0, 0.1) is 0 Å². The van der Waals surface area contributed by atoms with E-state index in [1.807, 2.05) is 0 Å². The number of esters is 2. The summed E-state index contributed by atoms with van der Waals surface area (Å²) in [6, 6.07) is 0. The highest BCUT2D eigenvalue weighted by atomic mass is 16.6. The second kappa shape index (κ2) is 11.4. The van der Waals surface area contributed by atoms with Gasteiger partial charge < -0.3 is 19.3 Å². The van der Waals surface area contributed by atoms with Gasteiger partial charge in [-0.1, -0.05) is 39.5 Å². The zero-order chi connectivity index (χ0) is 17.1. The highest BCUT2D eigenvalue weighted by Gasteiger charge is 2.42. The molecular weight excluding hydrogens is 300 g/mol. The Morgan fingerprint density at radius 3 is 2.09 bits per heavy atom. The molecule has 6 heteroatoms. The fourth-order valence-corrected chi connectivity index (χ4v) is 2.53. The van der Waals surface area contributed by atoms with Crippen molar-refractivity contribution < 1.29 is 28.9 Å². The summed E-state index contributed by atoms with van der Waals surface area (Å²) in [5, 5.41) is 9.33. The molecule has 1 saturated heterocycles. The SMILES string of the molecule is CCCCCC(=O)O[C@H]1[C@@H](CO)OC[C@H]1OC(=O)CCCCC. The Kier molecular flexibility index (Phi) is 9.87. The van der Waals surface area contributed by atoms with Gasteiger partial charge in [-0.2, -0.15) is 0 Å². The smallest absolute Gasteiger partial charge is 0.306 e. The average molecular weight is 330 g/mol. The topological polar surface area (TPSA) is 82.1 Å². The van der Waals surface area contributed by atoms with E-state index >= 15 is 0 Å². The van der Waals surface area contributed by atoms with E-state index in [1.54, 1.807) is 0 Å². The van der Waals surface area contributed by atoms with Crippen molar-refractivity contribution in [2.75, 3.05) is 13.2 Å². The number of ether oxygens (including phenoxy) is 3. The van der Waals surface area contributed by atoms with Crippen LogP contribution in [0.2, 0.25) is 0 Å². The molecule has 0 amide bonds. The number of hydrogen-bond acceptors (Lipinski definition) is 6. The maximum Gasteiger partial charge on any atom is 0.306 e. The third kappa shape index (κ3) is 7.31. The molecule has 0 unspecified atom stereocenters. The summed E-state index contributed by atoms with van der Waals surface area (Å²) in [5.74, 6) is -0.642. The van der Waals surface area contributed by atoms with Crippen molar-refractivity contribution in [1.29, 1.82) is 0 Å². The summed E-state index contributed by atoms with van der Waals surface area (Å²) < 4.78 is 16.2. The van der Waals surface area contributed by atoms with E-state index in [0.29, 0.717) is 12.8 Å². The lowest BCUT2D eigenvalue weighted by Gasteiger charge is -2.22. The Morgan fingerprint density at radius 1 is 1.00 bits per heavy atom. The molecule has 0 aromatic rings. The van der Waals surface area contributed by atoms with Crippen LogP contribution in [0.1, 0.15) is 65.2 Å². The van der Waals surface area contributed by atoms with Crippen LogP contribution in [0.5, 0.6) is 0 Å². The number of carbonyl (C=O) groups excluding carboxylic acids is 2. The second-order valence-corrected chi connectivity index (χ2v) is 5.95. The summed E-state index contributed by atoms with van der Waals surface area (Å²) in [6.45, 7) is 4.01. The predicted molar refractivity (Wildman–Crippen MR) is 84.9 cm³/mol. The van der Waals surface area contributed by atoms with E-state index in [0.717, 1.165) is 38.5 Å². The van der Waals surface area contributed by atoms with E-state index in [9.17, 15) is 14.7 Å². The molecule has 3 atom stereocenters. The van der Waals surface area contributed by atoms with E-state index < -0.39 is 18.3 Å². The van der Waals surface area contributed by atoms with Gasteiger partial charge in [0.15, 0.2) is 12.2 Å². The van der Waals surface area contributed by atoms with Crippen molar-refractivity contribution >= 4 is 11.9 Å². The van der Waals surface area contributed by atoms with Crippen molar-refractivity contribution in [1.82, 2.24) is 0 Å². The molecule has 1 N–H and O–H groups in total. The van der Waals surface area contributed by atoms with Crippen molar-refractivity contribution in [3.63, 3.8) is 0 Å². The molecular formula is C17H30O6. The van der Waals surface area contributed by atoms with Crippen molar-refractivity contribution in [3.05, 3.63) is 0 Å². The summed E-state index contributed by atoms with van der Waals surface area (Å²) in [4.78, 5) is 23.7. The Hall–Kier alpha value is -1.14. The van der Waals surface area contributed by atoms with Crippen LogP contribution in [-0.4, -0.2) is 48.6 Å². The molecule has 1 aliphatic rings. The van der Waals surface area contributed by atoms with Gasteiger partial charge in [-0.25, -0.2) is 0 Å². The summed E-state index contributed by atoms with van der Waals surface area (Å²) >= 11 is 0. The number of aliphatic hydroxyl groups is 1. The highest BCUT2D eigenvalue weighted by Crippen LogP contribution is 2.22. The lowest BCUT2D eigenvalue weighted by atomic mass is 10.1. The van der Waals surface area contributed by atoms with E-state index in [4.69, 9.17) is 14.2 Å². The van der Waals surface area contributed by atoms with Crippen LogP contribution in [0.25, 0.3) is 0 Å². The average Bonchev–Trinajstić information content (AvgIpc) is 2.89. The van der Waals surface area contributed by atoms with Crippen LogP contribution in [-0.2, 0) is 23.8 Å². The van der Waals surface area contributed by atoms with Gasteiger partial charge in [0, 0.05) is 12.8 Å². The highest BCUT2D eigenvalue weighted by molar-refractivity contribution is 5.70. The zero-order valence-corrected chi connectivity index (χ0v) is 14.3. The molecule has 0 radical (unpaired) electrons. The molecule has 1 heterocycles. The lowest BCUT2D eigenvalue weighted by molar-refractivity contribution is -0.166. The van der Waals surface area contributed by atoms with Crippen LogP contribution in [0.4, 0.5) is 0 Å². The molecule has 23 heavy (non-hydrogen) atoms.